The topological polar surface area (TPSA) is 32.3 Å². The Morgan fingerprint density at radius 3 is 2.56 bits per heavy atom. The van der Waals surface area contributed by atoms with Crippen LogP contribution in [0.5, 0.6) is 0 Å². The number of carbonyl (C=O) groups is 1. The monoisotopic (exact) mass is 246 g/mol. The maximum atomic E-state index is 12.5. The second-order valence-electron chi connectivity index (χ2n) is 5.27. The molecule has 0 unspecified atom stereocenters. The normalized spacial score (nSPS) is 16.1. The number of aryl methyl sites for hydroxylation is 1. The zero-order chi connectivity index (χ0) is 13.1. The van der Waals surface area contributed by atoms with Gasteiger partial charge in [-0.25, -0.2) is 0 Å². The van der Waals surface area contributed by atoms with Gasteiger partial charge in [-0.3, -0.25) is 4.79 Å². The number of benzene rings is 1. The Labute approximate surface area is 109 Å². The van der Waals surface area contributed by atoms with Gasteiger partial charge in [0, 0.05) is 31.7 Å². The molecule has 98 valence electrons. The van der Waals surface area contributed by atoms with Crippen LogP contribution >= 0.6 is 0 Å². The van der Waals surface area contributed by atoms with Crippen LogP contribution in [-0.2, 0) is 0 Å². The predicted octanol–water partition coefficient (Wildman–Crippen LogP) is 2.16. The molecule has 0 aliphatic carbocycles. The molecular formula is C15H22N2O. The lowest BCUT2D eigenvalue weighted by atomic mass is 9.97. The van der Waals surface area contributed by atoms with Crippen molar-refractivity contribution in [1.82, 2.24) is 10.2 Å². The van der Waals surface area contributed by atoms with Gasteiger partial charge in [0.1, 0.15) is 0 Å². The van der Waals surface area contributed by atoms with Crippen molar-refractivity contribution < 1.29 is 4.79 Å². The molecule has 1 aliphatic heterocycles. The fourth-order valence-corrected chi connectivity index (χ4v) is 2.27. The third-order valence-corrected chi connectivity index (χ3v) is 3.56. The number of amides is 1. The van der Waals surface area contributed by atoms with E-state index in [0.29, 0.717) is 5.92 Å². The molecule has 0 atom stereocenters. The van der Waals surface area contributed by atoms with E-state index in [1.165, 1.54) is 5.56 Å². The zero-order valence-electron chi connectivity index (χ0n) is 11.5. The lowest BCUT2D eigenvalue weighted by molar-refractivity contribution is 0.0735. The Bertz CT molecular complexity index is 434. The van der Waals surface area contributed by atoms with E-state index in [1.54, 1.807) is 0 Å². The second kappa shape index (κ2) is 5.53. The summed E-state index contributed by atoms with van der Waals surface area (Å²) in [4.78, 5) is 14.4. The molecule has 3 nitrogen and oxygen atoms in total. The van der Waals surface area contributed by atoms with Crippen molar-refractivity contribution >= 4 is 5.91 Å². The van der Waals surface area contributed by atoms with Crippen LogP contribution in [0.15, 0.2) is 18.2 Å². The maximum absolute atomic E-state index is 12.5. The Morgan fingerprint density at radius 1 is 1.28 bits per heavy atom. The van der Waals surface area contributed by atoms with Gasteiger partial charge in [0.15, 0.2) is 0 Å². The van der Waals surface area contributed by atoms with Crippen LogP contribution in [-0.4, -0.2) is 37.0 Å². The first-order chi connectivity index (χ1) is 8.59. The van der Waals surface area contributed by atoms with Crippen molar-refractivity contribution in [2.75, 3.05) is 26.2 Å². The van der Waals surface area contributed by atoms with Crippen LogP contribution < -0.4 is 5.32 Å². The summed E-state index contributed by atoms with van der Waals surface area (Å²) in [6.45, 7) is 9.74. The largest absolute Gasteiger partial charge is 0.336 e. The summed E-state index contributed by atoms with van der Waals surface area (Å²) < 4.78 is 0. The lowest BCUT2D eigenvalue weighted by Crippen LogP contribution is -2.46. The third-order valence-electron chi connectivity index (χ3n) is 3.56. The van der Waals surface area contributed by atoms with Gasteiger partial charge in [-0.2, -0.15) is 0 Å². The molecular weight excluding hydrogens is 224 g/mol. The minimum Gasteiger partial charge on any atom is -0.336 e. The Hall–Kier alpha value is -1.35. The van der Waals surface area contributed by atoms with Gasteiger partial charge in [-0.15, -0.1) is 0 Å². The van der Waals surface area contributed by atoms with E-state index in [4.69, 9.17) is 0 Å². The number of piperazine rings is 1. The van der Waals surface area contributed by atoms with E-state index in [2.05, 4.69) is 37.4 Å². The average Bonchev–Trinajstić information content (AvgIpc) is 2.39. The van der Waals surface area contributed by atoms with Crippen molar-refractivity contribution in [3.05, 3.63) is 34.9 Å². The first-order valence-electron chi connectivity index (χ1n) is 6.70. The van der Waals surface area contributed by atoms with Gasteiger partial charge in [0.05, 0.1) is 0 Å². The highest BCUT2D eigenvalue weighted by Gasteiger charge is 2.19. The van der Waals surface area contributed by atoms with Gasteiger partial charge >= 0.3 is 0 Å². The van der Waals surface area contributed by atoms with Crippen molar-refractivity contribution in [3.63, 3.8) is 0 Å². The van der Waals surface area contributed by atoms with Crippen LogP contribution in [0.2, 0.25) is 0 Å². The summed E-state index contributed by atoms with van der Waals surface area (Å²) in [5.74, 6) is 0.636. The van der Waals surface area contributed by atoms with Crippen LogP contribution in [0.4, 0.5) is 0 Å². The standard InChI is InChI=1S/C15H22N2O/c1-11(2)13-5-4-12(3)14(10-13)15(18)17-8-6-16-7-9-17/h4-5,10-11,16H,6-9H2,1-3H3. The smallest absolute Gasteiger partial charge is 0.254 e. The van der Waals surface area contributed by atoms with Gasteiger partial charge in [0.25, 0.3) is 5.91 Å². The summed E-state index contributed by atoms with van der Waals surface area (Å²) in [6, 6.07) is 6.24. The van der Waals surface area contributed by atoms with Gasteiger partial charge < -0.3 is 10.2 Å². The third kappa shape index (κ3) is 2.72. The molecule has 1 aromatic rings. The van der Waals surface area contributed by atoms with Crippen molar-refractivity contribution in [1.29, 1.82) is 0 Å². The maximum Gasteiger partial charge on any atom is 0.254 e. The number of hydrogen-bond acceptors (Lipinski definition) is 2. The number of rotatable bonds is 2. The van der Waals surface area contributed by atoms with E-state index in [9.17, 15) is 4.79 Å². The van der Waals surface area contributed by atoms with Gasteiger partial charge in [-0.05, 0) is 30.0 Å². The van der Waals surface area contributed by atoms with E-state index in [-0.39, 0.29) is 5.91 Å². The second-order valence-corrected chi connectivity index (χ2v) is 5.27. The summed E-state index contributed by atoms with van der Waals surface area (Å²) in [6.07, 6.45) is 0. The fraction of sp³-hybridized carbons (Fsp3) is 0.533. The highest BCUT2D eigenvalue weighted by Crippen LogP contribution is 2.20. The molecule has 1 aliphatic rings. The fourth-order valence-electron chi connectivity index (χ4n) is 2.27. The molecule has 18 heavy (non-hydrogen) atoms. The molecule has 0 saturated carbocycles. The lowest BCUT2D eigenvalue weighted by Gasteiger charge is -2.28. The minimum atomic E-state index is 0.177. The zero-order valence-corrected chi connectivity index (χ0v) is 11.5. The number of nitrogens with zero attached hydrogens (tertiary/aromatic N) is 1. The van der Waals surface area contributed by atoms with Gasteiger partial charge in [-0.1, -0.05) is 26.0 Å². The molecule has 1 saturated heterocycles. The Kier molecular flexibility index (Phi) is 4.02. The first-order valence-corrected chi connectivity index (χ1v) is 6.70. The summed E-state index contributed by atoms with van der Waals surface area (Å²) in [5.41, 5.74) is 3.17. The van der Waals surface area contributed by atoms with Gasteiger partial charge in [0.2, 0.25) is 0 Å². The van der Waals surface area contributed by atoms with Crippen LogP contribution in [0, 0.1) is 6.92 Å². The van der Waals surface area contributed by atoms with Crippen LogP contribution in [0.25, 0.3) is 0 Å². The molecule has 2 rings (SSSR count). The van der Waals surface area contributed by atoms with E-state index in [1.807, 2.05) is 11.8 Å². The van der Waals surface area contributed by atoms with Crippen molar-refractivity contribution in [3.8, 4) is 0 Å². The van der Waals surface area contributed by atoms with Crippen molar-refractivity contribution in [2.24, 2.45) is 0 Å². The SMILES string of the molecule is Cc1ccc(C(C)C)cc1C(=O)N1CCNCC1. The molecule has 1 amide bonds. The van der Waals surface area contributed by atoms with E-state index in [0.717, 1.165) is 37.3 Å². The number of hydrogen-bond donors (Lipinski definition) is 1. The molecule has 0 radical (unpaired) electrons. The predicted molar refractivity (Wildman–Crippen MR) is 74.0 cm³/mol. The molecule has 1 heterocycles. The Balaban J connectivity index is 2.25. The minimum absolute atomic E-state index is 0.177. The number of carbonyl (C=O) groups excluding carboxylic acids is 1. The summed E-state index contributed by atoms with van der Waals surface area (Å²) in [7, 11) is 0. The molecule has 0 bridgehead atoms. The van der Waals surface area contributed by atoms with E-state index < -0.39 is 0 Å². The molecule has 0 aromatic heterocycles. The quantitative estimate of drug-likeness (QED) is 0.867. The van der Waals surface area contributed by atoms with E-state index >= 15 is 0 Å². The average molecular weight is 246 g/mol. The summed E-state index contributed by atoms with van der Waals surface area (Å²) in [5, 5.41) is 3.27. The highest BCUT2D eigenvalue weighted by molar-refractivity contribution is 5.96. The first kappa shape index (κ1) is 13.1. The molecule has 0 spiro atoms. The van der Waals surface area contributed by atoms with Crippen LogP contribution in [0.3, 0.4) is 0 Å². The summed E-state index contributed by atoms with van der Waals surface area (Å²) >= 11 is 0. The highest BCUT2D eigenvalue weighted by atomic mass is 16.2. The Morgan fingerprint density at radius 2 is 1.94 bits per heavy atom. The molecule has 1 fully saturated rings. The number of nitrogens with one attached hydrogen (secondary N) is 1. The molecule has 3 heteroatoms. The molecule has 1 N–H and O–H groups in total. The van der Waals surface area contributed by atoms with Crippen LogP contribution in [0.1, 0.15) is 41.3 Å². The molecule has 1 aromatic carbocycles. The van der Waals surface area contributed by atoms with Crippen molar-refractivity contribution in [2.45, 2.75) is 26.7 Å².